The number of rotatable bonds is 3. The van der Waals surface area contributed by atoms with Gasteiger partial charge in [-0.05, 0) is 45.2 Å². The van der Waals surface area contributed by atoms with Crippen molar-refractivity contribution >= 4 is 0 Å². The zero-order chi connectivity index (χ0) is 14.0. The van der Waals surface area contributed by atoms with Gasteiger partial charge in [-0.15, -0.1) is 0 Å². The van der Waals surface area contributed by atoms with Crippen LogP contribution in [0.3, 0.4) is 0 Å². The molecule has 0 aliphatic carbocycles. The molecule has 0 amide bonds. The Labute approximate surface area is 115 Å². The number of hydrogen-bond acceptors (Lipinski definition) is 2. The van der Waals surface area contributed by atoms with Crippen LogP contribution in [0.25, 0.3) is 0 Å². The van der Waals surface area contributed by atoms with Crippen molar-refractivity contribution in [2.75, 3.05) is 13.1 Å². The second-order valence-corrected chi connectivity index (χ2v) is 5.99. The summed E-state index contributed by atoms with van der Waals surface area (Å²) in [5.74, 6) is 0.624. The highest BCUT2D eigenvalue weighted by Gasteiger charge is 2.30. The van der Waals surface area contributed by atoms with E-state index in [1.165, 1.54) is 12.8 Å². The molecule has 1 aromatic carbocycles. The van der Waals surface area contributed by atoms with E-state index in [1.807, 2.05) is 19.1 Å². The number of nitrogens with zero attached hydrogens (tertiary/aromatic N) is 1. The summed E-state index contributed by atoms with van der Waals surface area (Å²) in [4.78, 5) is 2.37. The van der Waals surface area contributed by atoms with E-state index in [-0.39, 0.29) is 11.9 Å². The van der Waals surface area contributed by atoms with Crippen molar-refractivity contribution in [1.82, 2.24) is 4.90 Å². The average Bonchev–Trinajstić information content (AvgIpc) is 2.36. The molecule has 0 aromatic heterocycles. The number of likely N-dealkylation sites (tertiary alicyclic amines) is 1. The first kappa shape index (κ1) is 14.5. The van der Waals surface area contributed by atoms with Gasteiger partial charge < -0.3 is 5.73 Å². The van der Waals surface area contributed by atoms with Crippen molar-refractivity contribution in [1.29, 1.82) is 0 Å². The molecule has 3 heteroatoms. The summed E-state index contributed by atoms with van der Waals surface area (Å²) < 4.78 is 14.1. The van der Waals surface area contributed by atoms with E-state index >= 15 is 0 Å². The molecule has 1 aliphatic heterocycles. The third-order valence-corrected chi connectivity index (χ3v) is 4.32. The molecule has 1 heterocycles. The fraction of sp³-hybridized carbons (Fsp3) is 0.625. The molecule has 1 fully saturated rings. The van der Waals surface area contributed by atoms with Crippen molar-refractivity contribution in [3.8, 4) is 0 Å². The van der Waals surface area contributed by atoms with E-state index in [0.717, 1.165) is 23.6 Å². The fourth-order valence-corrected chi connectivity index (χ4v) is 3.25. The lowest BCUT2D eigenvalue weighted by molar-refractivity contribution is 0.0830. The first-order valence-electron chi connectivity index (χ1n) is 7.24. The van der Waals surface area contributed by atoms with Crippen LogP contribution in [0.2, 0.25) is 0 Å². The van der Waals surface area contributed by atoms with Gasteiger partial charge in [0, 0.05) is 18.2 Å². The number of aryl methyl sites for hydroxylation is 1. The minimum Gasteiger partial charge on any atom is -0.329 e. The molecule has 3 atom stereocenters. The van der Waals surface area contributed by atoms with Crippen LogP contribution in [0, 0.1) is 18.7 Å². The van der Waals surface area contributed by atoms with Crippen molar-refractivity contribution in [2.24, 2.45) is 11.7 Å². The van der Waals surface area contributed by atoms with Crippen molar-refractivity contribution in [3.63, 3.8) is 0 Å². The van der Waals surface area contributed by atoms with Crippen molar-refractivity contribution in [3.05, 3.63) is 35.1 Å². The van der Waals surface area contributed by atoms with Crippen LogP contribution < -0.4 is 5.73 Å². The molecule has 106 valence electrons. The molecular formula is C16H25FN2. The number of nitrogens with two attached hydrogens (primary N) is 1. The molecule has 0 spiro atoms. The summed E-state index contributed by atoms with van der Waals surface area (Å²) >= 11 is 0. The SMILES string of the molecule is Cc1ccc(F)c(C(CN)N2CCC(C)CC2C)c1. The first-order chi connectivity index (χ1) is 9.02. The number of piperidine rings is 1. The summed E-state index contributed by atoms with van der Waals surface area (Å²) in [7, 11) is 0. The lowest BCUT2D eigenvalue weighted by atomic mass is 9.90. The Kier molecular flexibility index (Phi) is 4.58. The fourth-order valence-electron chi connectivity index (χ4n) is 3.25. The second-order valence-electron chi connectivity index (χ2n) is 5.99. The molecule has 19 heavy (non-hydrogen) atoms. The molecule has 0 saturated carbocycles. The van der Waals surface area contributed by atoms with Crippen LogP contribution in [-0.2, 0) is 0 Å². The average molecular weight is 264 g/mol. The normalized spacial score (nSPS) is 26.4. The molecule has 2 nitrogen and oxygen atoms in total. The Balaban J connectivity index is 2.26. The van der Waals surface area contributed by atoms with Gasteiger partial charge in [-0.2, -0.15) is 0 Å². The third-order valence-electron chi connectivity index (χ3n) is 4.32. The van der Waals surface area contributed by atoms with Crippen LogP contribution in [0.1, 0.15) is 43.9 Å². The summed E-state index contributed by atoms with van der Waals surface area (Å²) in [6.07, 6.45) is 2.35. The second kappa shape index (κ2) is 6.02. The molecule has 2 rings (SSSR count). The zero-order valence-corrected chi connectivity index (χ0v) is 12.2. The Morgan fingerprint density at radius 3 is 2.79 bits per heavy atom. The molecule has 0 bridgehead atoms. The van der Waals surface area contributed by atoms with Crippen molar-refractivity contribution < 1.29 is 4.39 Å². The Hall–Kier alpha value is -0.930. The van der Waals surface area contributed by atoms with Gasteiger partial charge in [-0.1, -0.05) is 24.6 Å². The van der Waals surface area contributed by atoms with Gasteiger partial charge in [0.1, 0.15) is 5.82 Å². The summed E-state index contributed by atoms with van der Waals surface area (Å²) in [6, 6.07) is 5.79. The van der Waals surface area contributed by atoms with E-state index in [9.17, 15) is 4.39 Å². The zero-order valence-electron chi connectivity index (χ0n) is 12.2. The predicted octanol–water partition coefficient (Wildman–Crippen LogP) is 3.25. The quantitative estimate of drug-likeness (QED) is 0.908. The highest BCUT2D eigenvalue weighted by Crippen LogP contribution is 2.31. The molecule has 1 saturated heterocycles. The van der Waals surface area contributed by atoms with Crippen LogP contribution in [0.5, 0.6) is 0 Å². The summed E-state index contributed by atoms with van der Waals surface area (Å²) in [5, 5.41) is 0. The van der Waals surface area contributed by atoms with Gasteiger partial charge in [-0.25, -0.2) is 4.39 Å². The molecule has 2 N–H and O–H groups in total. The maximum Gasteiger partial charge on any atom is 0.128 e. The minimum atomic E-state index is -0.133. The smallest absolute Gasteiger partial charge is 0.128 e. The molecule has 0 radical (unpaired) electrons. The summed E-state index contributed by atoms with van der Waals surface area (Å²) in [6.45, 7) is 8.00. The minimum absolute atomic E-state index is 0.00222. The Morgan fingerprint density at radius 2 is 2.16 bits per heavy atom. The third kappa shape index (κ3) is 3.15. The molecule has 1 aromatic rings. The molecular weight excluding hydrogens is 239 g/mol. The lowest BCUT2D eigenvalue weighted by Gasteiger charge is -2.41. The van der Waals surface area contributed by atoms with Crippen LogP contribution in [0.4, 0.5) is 4.39 Å². The molecule has 3 unspecified atom stereocenters. The van der Waals surface area contributed by atoms with E-state index in [2.05, 4.69) is 18.7 Å². The summed E-state index contributed by atoms with van der Waals surface area (Å²) in [5.41, 5.74) is 7.79. The topological polar surface area (TPSA) is 29.3 Å². The van der Waals surface area contributed by atoms with Crippen LogP contribution >= 0.6 is 0 Å². The number of hydrogen-bond donors (Lipinski definition) is 1. The predicted molar refractivity (Wildman–Crippen MR) is 77.5 cm³/mol. The van der Waals surface area contributed by atoms with Gasteiger partial charge >= 0.3 is 0 Å². The van der Waals surface area contributed by atoms with Gasteiger partial charge in [0.2, 0.25) is 0 Å². The van der Waals surface area contributed by atoms with E-state index in [1.54, 1.807) is 6.07 Å². The van der Waals surface area contributed by atoms with Crippen molar-refractivity contribution in [2.45, 2.75) is 45.7 Å². The van der Waals surface area contributed by atoms with E-state index < -0.39 is 0 Å². The van der Waals surface area contributed by atoms with E-state index in [0.29, 0.717) is 12.6 Å². The Bertz CT molecular complexity index is 433. The van der Waals surface area contributed by atoms with Crippen LogP contribution in [0.15, 0.2) is 18.2 Å². The number of halogens is 1. The highest BCUT2D eigenvalue weighted by atomic mass is 19.1. The lowest BCUT2D eigenvalue weighted by Crippen LogP contribution is -2.45. The van der Waals surface area contributed by atoms with Crippen LogP contribution in [-0.4, -0.2) is 24.0 Å². The monoisotopic (exact) mass is 264 g/mol. The van der Waals surface area contributed by atoms with Gasteiger partial charge in [-0.3, -0.25) is 4.90 Å². The number of benzene rings is 1. The van der Waals surface area contributed by atoms with Gasteiger partial charge in [0.25, 0.3) is 0 Å². The maximum atomic E-state index is 14.1. The largest absolute Gasteiger partial charge is 0.329 e. The van der Waals surface area contributed by atoms with E-state index in [4.69, 9.17) is 5.73 Å². The van der Waals surface area contributed by atoms with Gasteiger partial charge in [0.15, 0.2) is 0 Å². The standard InChI is InChI=1S/C16H25FN2/c1-11-4-5-15(17)14(9-11)16(10-18)19-7-6-12(2)8-13(19)3/h4-5,9,12-13,16H,6-8,10,18H2,1-3H3. The molecule has 1 aliphatic rings. The maximum absolute atomic E-state index is 14.1. The van der Waals surface area contributed by atoms with Gasteiger partial charge in [0.05, 0.1) is 6.04 Å². The first-order valence-corrected chi connectivity index (χ1v) is 7.24. The Morgan fingerprint density at radius 1 is 1.42 bits per heavy atom. The highest BCUT2D eigenvalue weighted by molar-refractivity contribution is 5.27.